The van der Waals surface area contributed by atoms with Gasteiger partial charge in [0.15, 0.2) is 0 Å². The monoisotopic (exact) mass is 1280 g/mol. The molecule has 0 fully saturated rings. The van der Waals surface area contributed by atoms with Crippen LogP contribution in [0.25, 0.3) is 0 Å². The Hall–Kier alpha value is -10.2. The molecule has 496 valence electrons. The number of hydrogen-bond acceptors (Lipinski definition) is 12. The summed E-state index contributed by atoms with van der Waals surface area (Å²) in [6.45, 7) is 31.6. The summed E-state index contributed by atoms with van der Waals surface area (Å²) in [5.74, 6) is 0. The number of anilines is 19. The Morgan fingerprint density at radius 2 is 0.474 bits per heavy atom. The van der Waals surface area contributed by atoms with Crippen LogP contribution in [0.1, 0.15) is 88.8 Å². The first-order chi connectivity index (χ1) is 46.7. The Kier molecular flexibility index (Phi) is 16.6. The molecular weight excluding hydrogens is 1190 g/mol. The van der Waals surface area contributed by atoms with Crippen molar-refractivity contribution in [2.24, 2.45) is 0 Å². The van der Waals surface area contributed by atoms with Gasteiger partial charge in [-0.25, -0.2) is 0 Å². The molecule has 6 atom stereocenters. The number of rotatable bonds is 8. The molecule has 12 heteroatoms. The van der Waals surface area contributed by atoms with Gasteiger partial charge >= 0.3 is 0 Å². The van der Waals surface area contributed by atoms with Gasteiger partial charge in [-0.15, -0.1) is 0 Å². The van der Waals surface area contributed by atoms with Crippen molar-refractivity contribution < 1.29 is 0 Å². The molecule has 0 N–H and O–H groups in total. The van der Waals surface area contributed by atoms with Gasteiger partial charge in [0.05, 0.1) is 68.2 Å². The fourth-order valence-electron chi connectivity index (χ4n) is 16.5. The zero-order chi connectivity index (χ0) is 68.2. The first-order valence-electron chi connectivity index (χ1n) is 34.9. The lowest BCUT2D eigenvalue weighted by atomic mass is 10.1. The van der Waals surface area contributed by atoms with Gasteiger partial charge in [-0.3, -0.25) is 0 Å². The highest BCUT2D eigenvalue weighted by Gasteiger charge is 2.41. The van der Waals surface area contributed by atoms with E-state index in [1.54, 1.807) is 0 Å². The Labute approximate surface area is 577 Å². The fraction of sp³-hybridized carbons (Fsp3) is 0.294. The molecule has 6 heterocycles. The van der Waals surface area contributed by atoms with Gasteiger partial charge in [0.1, 0.15) is 37.0 Å². The van der Waals surface area contributed by atoms with Crippen molar-refractivity contribution in [2.75, 3.05) is 87.0 Å². The molecule has 16 rings (SSSR count). The predicted octanol–water partition coefficient (Wildman–Crippen LogP) is 21.0. The molecule has 0 saturated heterocycles. The van der Waals surface area contributed by atoms with E-state index in [-0.39, 0.29) is 37.0 Å². The maximum Gasteiger partial charge on any atom is 0.108 e. The lowest BCUT2D eigenvalue weighted by Gasteiger charge is -2.35. The number of fused-ring (bicyclic) bond motifs is 6. The van der Waals surface area contributed by atoms with Crippen LogP contribution in [0, 0.1) is 41.5 Å². The van der Waals surface area contributed by atoms with Crippen molar-refractivity contribution in [2.45, 2.75) is 140 Å². The standard InChI is InChI=1S/C30H30N4.C28H34N4.C27H32N4/c1-21-25(33-22(2)31(4)27-15-8-9-16-28(27)33)19-12-20-26(21)34-23(3)32(24-13-6-5-7-14-24)29-17-10-11-18-30(29)34;1-18(2)30-22(6)32(26-12-9-8-11-25(26)30)24-14-10-13-23(20(24)4)31-21(5)29(7)28-17-19(3)15-16-27(28)31;1-17-11-13-24-26(15-17)28(6)20(4)30(24)22-9-8-10-23(19(22)3)31-21(5)29(7)27-16-18(2)12-14-25(27)31/h5-20,22-23H,1-4H3;8-18,21-22H,1-7H3;8-16,20-21H,1-7H3/t22-,23+;21-,22+;20-,21+/m01./s1. The van der Waals surface area contributed by atoms with Crippen molar-refractivity contribution in [3.63, 3.8) is 0 Å². The van der Waals surface area contributed by atoms with Crippen molar-refractivity contribution in [1.82, 2.24) is 0 Å². The van der Waals surface area contributed by atoms with E-state index in [4.69, 9.17) is 0 Å². The van der Waals surface area contributed by atoms with Crippen LogP contribution in [0.5, 0.6) is 0 Å². The molecule has 0 aromatic heterocycles. The topological polar surface area (TPSA) is 38.9 Å². The number of aryl methyl sites for hydroxylation is 3. The first kappa shape index (κ1) is 64.2. The summed E-state index contributed by atoms with van der Waals surface area (Å²) in [7, 11) is 8.76. The lowest BCUT2D eigenvalue weighted by Crippen LogP contribution is -2.42. The third-order valence-corrected chi connectivity index (χ3v) is 21.9. The Morgan fingerprint density at radius 3 is 0.825 bits per heavy atom. The predicted molar refractivity (Wildman–Crippen MR) is 416 cm³/mol. The molecule has 10 aromatic rings. The van der Waals surface area contributed by atoms with Crippen LogP contribution < -0.4 is 58.8 Å². The van der Waals surface area contributed by atoms with Gasteiger partial charge in [-0.2, -0.15) is 0 Å². The SMILES string of the molecule is Cc1c(N2c3ccccc3N(c3ccccc3)[C@H]2C)cccc1N1c2ccccc2N(C)[C@@H]1C.Cc1ccc2c(c1)N(C)[C@@H](C)N2c1cccc(N2c3ccc(C)cc3N(C)[C@@H]2C)c1C.Cc1ccc2c(c1)N(C)[C@@H](C)N2c1cccc(N2c3ccccc3N(C(C)C)[C@@H]2C)c1C. The lowest BCUT2D eigenvalue weighted by molar-refractivity contribution is 0.606. The fourth-order valence-corrected chi connectivity index (χ4v) is 16.5. The Morgan fingerprint density at radius 1 is 0.227 bits per heavy atom. The molecule has 97 heavy (non-hydrogen) atoms. The average molecular weight is 1290 g/mol. The van der Waals surface area contributed by atoms with Gasteiger partial charge in [0.2, 0.25) is 0 Å². The summed E-state index contributed by atoms with van der Waals surface area (Å²) in [6.07, 6.45) is 1.44. The summed E-state index contributed by atoms with van der Waals surface area (Å²) in [5.41, 5.74) is 32.0. The zero-order valence-corrected chi connectivity index (χ0v) is 60.1. The van der Waals surface area contributed by atoms with Gasteiger partial charge in [0, 0.05) is 74.0 Å². The van der Waals surface area contributed by atoms with Gasteiger partial charge in [-0.1, -0.05) is 91.0 Å². The van der Waals surface area contributed by atoms with E-state index < -0.39 is 0 Å². The maximum atomic E-state index is 2.52. The Bertz CT molecular complexity index is 4510. The van der Waals surface area contributed by atoms with E-state index in [9.17, 15) is 0 Å². The van der Waals surface area contributed by atoms with Crippen LogP contribution in [0.2, 0.25) is 0 Å². The van der Waals surface area contributed by atoms with E-state index in [0.717, 1.165) is 0 Å². The largest absolute Gasteiger partial charge is 0.353 e. The summed E-state index contributed by atoms with van der Waals surface area (Å²) in [4.78, 5) is 29.3. The minimum Gasteiger partial charge on any atom is -0.353 e. The third-order valence-electron chi connectivity index (χ3n) is 21.9. The summed E-state index contributed by atoms with van der Waals surface area (Å²) in [6, 6.07) is 77.9. The van der Waals surface area contributed by atoms with Gasteiger partial charge in [-0.05, 0) is 252 Å². The maximum absolute atomic E-state index is 2.52. The van der Waals surface area contributed by atoms with E-state index in [1.165, 1.54) is 141 Å². The van der Waals surface area contributed by atoms with Crippen LogP contribution in [0.4, 0.5) is 108 Å². The molecule has 0 amide bonds. The molecule has 0 spiro atoms. The summed E-state index contributed by atoms with van der Waals surface area (Å²) in [5, 5.41) is 0. The second kappa shape index (κ2) is 25.1. The minimum absolute atomic E-state index is 0.153. The van der Waals surface area contributed by atoms with Gasteiger partial charge < -0.3 is 58.8 Å². The number of para-hydroxylation sites is 7. The van der Waals surface area contributed by atoms with Crippen LogP contribution in [-0.4, -0.2) is 71.2 Å². The highest BCUT2D eigenvalue weighted by Crippen LogP contribution is 2.55. The average Bonchev–Trinajstić information content (AvgIpc) is 1.61. The highest BCUT2D eigenvalue weighted by molar-refractivity contribution is 5.95. The first-order valence-corrected chi connectivity index (χ1v) is 34.9. The number of nitrogens with zero attached hydrogens (tertiary/aromatic N) is 12. The van der Waals surface area contributed by atoms with Crippen molar-refractivity contribution >= 4 is 108 Å². The normalized spacial score (nSPS) is 19.5. The van der Waals surface area contributed by atoms with Crippen LogP contribution in [-0.2, 0) is 0 Å². The number of benzene rings is 10. The molecule has 0 unspecified atom stereocenters. The molecule has 0 aliphatic carbocycles. The minimum atomic E-state index is 0.153. The molecule has 12 nitrogen and oxygen atoms in total. The molecule has 6 aliphatic heterocycles. The second-order valence-corrected chi connectivity index (χ2v) is 27.9. The van der Waals surface area contributed by atoms with Crippen LogP contribution in [0.3, 0.4) is 0 Å². The number of hydrogen-bond donors (Lipinski definition) is 0. The quantitative estimate of drug-likeness (QED) is 0.146. The Balaban J connectivity index is 0.000000125. The summed E-state index contributed by atoms with van der Waals surface area (Å²) < 4.78 is 0. The third kappa shape index (κ3) is 10.5. The molecule has 10 aromatic carbocycles. The van der Waals surface area contributed by atoms with Crippen molar-refractivity contribution in [3.8, 4) is 0 Å². The van der Waals surface area contributed by atoms with Crippen LogP contribution in [0.15, 0.2) is 212 Å². The molecule has 0 saturated carbocycles. The van der Waals surface area contributed by atoms with E-state index >= 15 is 0 Å². The van der Waals surface area contributed by atoms with Crippen LogP contribution >= 0.6 is 0 Å². The van der Waals surface area contributed by atoms with Gasteiger partial charge in [0.25, 0.3) is 0 Å². The van der Waals surface area contributed by atoms with Crippen molar-refractivity contribution in [3.05, 3.63) is 246 Å². The van der Waals surface area contributed by atoms with E-state index in [1.807, 2.05) is 0 Å². The molecular formula is C85H96N12. The van der Waals surface area contributed by atoms with Crippen molar-refractivity contribution in [1.29, 1.82) is 0 Å². The second-order valence-electron chi connectivity index (χ2n) is 27.9. The summed E-state index contributed by atoms with van der Waals surface area (Å²) >= 11 is 0. The molecule has 0 bridgehead atoms. The van der Waals surface area contributed by atoms with E-state index in [2.05, 4.69) is 396 Å². The molecule has 0 radical (unpaired) electrons. The zero-order valence-electron chi connectivity index (χ0n) is 60.1. The molecule has 6 aliphatic rings. The van der Waals surface area contributed by atoms with E-state index in [0.29, 0.717) is 6.04 Å². The highest BCUT2D eigenvalue weighted by atomic mass is 15.5. The smallest absolute Gasteiger partial charge is 0.108 e.